The summed E-state index contributed by atoms with van der Waals surface area (Å²) in [6, 6.07) is 12.8. The van der Waals surface area contributed by atoms with Gasteiger partial charge in [-0.25, -0.2) is 8.78 Å². The Balaban J connectivity index is 1.89. The second kappa shape index (κ2) is 6.89. The standard InChI is InChI=1S/C16H18F2N2/c1-2-20(16-8-6-13(17)7-9-16)11-10-19-15-5-3-4-14(18)12-15/h3-9,12,19H,2,10-11H2,1H3. The van der Waals surface area contributed by atoms with E-state index in [1.807, 2.05) is 13.0 Å². The quantitative estimate of drug-likeness (QED) is 0.860. The minimum absolute atomic E-state index is 0.234. The summed E-state index contributed by atoms with van der Waals surface area (Å²) >= 11 is 0. The molecule has 0 aliphatic carbocycles. The van der Waals surface area contributed by atoms with Gasteiger partial charge in [0.05, 0.1) is 0 Å². The maximum Gasteiger partial charge on any atom is 0.125 e. The molecule has 2 aromatic rings. The van der Waals surface area contributed by atoms with Crippen LogP contribution >= 0.6 is 0 Å². The van der Waals surface area contributed by atoms with E-state index in [0.717, 1.165) is 24.5 Å². The molecule has 0 aliphatic heterocycles. The van der Waals surface area contributed by atoms with Crippen molar-refractivity contribution in [3.8, 4) is 0 Å². The highest BCUT2D eigenvalue weighted by molar-refractivity contribution is 5.47. The van der Waals surface area contributed by atoms with Crippen LogP contribution in [0.1, 0.15) is 6.92 Å². The Labute approximate surface area is 118 Å². The maximum atomic E-state index is 13.0. The van der Waals surface area contributed by atoms with E-state index >= 15 is 0 Å². The van der Waals surface area contributed by atoms with Crippen molar-refractivity contribution in [1.82, 2.24) is 0 Å². The van der Waals surface area contributed by atoms with Crippen molar-refractivity contribution in [3.63, 3.8) is 0 Å². The van der Waals surface area contributed by atoms with Gasteiger partial charge in [0.1, 0.15) is 11.6 Å². The first kappa shape index (κ1) is 14.3. The normalized spacial score (nSPS) is 10.3. The first-order valence-electron chi connectivity index (χ1n) is 6.69. The summed E-state index contributed by atoms with van der Waals surface area (Å²) in [5.41, 5.74) is 1.75. The van der Waals surface area contributed by atoms with Crippen molar-refractivity contribution < 1.29 is 8.78 Å². The number of rotatable bonds is 6. The Hall–Kier alpha value is -2.10. The molecule has 0 spiro atoms. The van der Waals surface area contributed by atoms with Crippen LogP contribution in [-0.2, 0) is 0 Å². The van der Waals surface area contributed by atoms with Crippen molar-refractivity contribution in [3.05, 3.63) is 60.2 Å². The first-order chi connectivity index (χ1) is 9.69. The summed E-state index contributed by atoms with van der Waals surface area (Å²) < 4.78 is 25.9. The molecule has 20 heavy (non-hydrogen) atoms. The fourth-order valence-electron chi connectivity index (χ4n) is 2.06. The van der Waals surface area contributed by atoms with E-state index in [1.165, 1.54) is 24.3 Å². The number of nitrogens with zero attached hydrogens (tertiary/aromatic N) is 1. The Morgan fingerprint density at radius 1 is 1.00 bits per heavy atom. The highest BCUT2D eigenvalue weighted by atomic mass is 19.1. The molecule has 4 heteroatoms. The molecular formula is C16H18F2N2. The summed E-state index contributed by atoms with van der Waals surface area (Å²) in [5, 5.41) is 3.18. The monoisotopic (exact) mass is 276 g/mol. The van der Waals surface area contributed by atoms with Gasteiger partial charge in [0, 0.05) is 31.0 Å². The van der Waals surface area contributed by atoms with E-state index in [4.69, 9.17) is 0 Å². The van der Waals surface area contributed by atoms with Gasteiger partial charge in [0.15, 0.2) is 0 Å². The summed E-state index contributed by atoms with van der Waals surface area (Å²) in [4.78, 5) is 2.13. The van der Waals surface area contributed by atoms with Crippen LogP contribution in [0.3, 0.4) is 0 Å². The van der Waals surface area contributed by atoms with Crippen molar-refractivity contribution in [1.29, 1.82) is 0 Å². The van der Waals surface area contributed by atoms with Crippen molar-refractivity contribution in [2.45, 2.75) is 6.92 Å². The second-order valence-corrected chi connectivity index (χ2v) is 4.49. The van der Waals surface area contributed by atoms with Crippen molar-refractivity contribution >= 4 is 11.4 Å². The lowest BCUT2D eigenvalue weighted by Gasteiger charge is -2.23. The molecule has 0 amide bonds. The molecule has 106 valence electrons. The molecule has 0 fully saturated rings. The Bertz CT molecular complexity index is 540. The third-order valence-corrected chi connectivity index (χ3v) is 3.11. The molecule has 1 N–H and O–H groups in total. The summed E-state index contributed by atoms with van der Waals surface area (Å²) in [6.45, 7) is 4.33. The lowest BCUT2D eigenvalue weighted by Crippen LogP contribution is -2.28. The minimum Gasteiger partial charge on any atom is -0.383 e. The number of nitrogens with one attached hydrogen (secondary N) is 1. The maximum absolute atomic E-state index is 13.0. The molecule has 0 radical (unpaired) electrons. The van der Waals surface area contributed by atoms with Crippen LogP contribution < -0.4 is 10.2 Å². The van der Waals surface area contributed by atoms with Crippen LogP contribution in [0, 0.1) is 11.6 Å². The largest absolute Gasteiger partial charge is 0.383 e. The van der Waals surface area contributed by atoms with Gasteiger partial charge >= 0.3 is 0 Å². The second-order valence-electron chi connectivity index (χ2n) is 4.49. The molecule has 0 aromatic heterocycles. The van der Waals surface area contributed by atoms with E-state index in [2.05, 4.69) is 10.2 Å². The zero-order valence-electron chi connectivity index (χ0n) is 11.4. The molecule has 0 atom stereocenters. The lowest BCUT2D eigenvalue weighted by atomic mass is 10.2. The fraction of sp³-hybridized carbons (Fsp3) is 0.250. The zero-order valence-corrected chi connectivity index (χ0v) is 11.4. The number of likely N-dealkylation sites (N-methyl/N-ethyl adjacent to an activating group) is 1. The number of anilines is 2. The van der Waals surface area contributed by atoms with Crippen LogP contribution in [0.2, 0.25) is 0 Å². The van der Waals surface area contributed by atoms with Crippen molar-refractivity contribution in [2.75, 3.05) is 29.9 Å². The van der Waals surface area contributed by atoms with Crippen LogP contribution in [-0.4, -0.2) is 19.6 Å². The molecule has 0 unspecified atom stereocenters. The fourth-order valence-corrected chi connectivity index (χ4v) is 2.06. The number of halogens is 2. The highest BCUT2D eigenvalue weighted by Crippen LogP contribution is 2.14. The van der Waals surface area contributed by atoms with Gasteiger partial charge in [-0.15, -0.1) is 0 Å². The Morgan fingerprint density at radius 3 is 2.40 bits per heavy atom. The Kier molecular flexibility index (Phi) is 4.93. The number of benzene rings is 2. The van der Waals surface area contributed by atoms with Gasteiger partial charge in [-0.05, 0) is 49.4 Å². The lowest BCUT2D eigenvalue weighted by molar-refractivity contribution is 0.627. The van der Waals surface area contributed by atoms with E-state index in [0.29, 0.717) is 6.54 Å². The van der Waals surface area contributed by atoms with Crippen molar-refractivity contribution in [2.24, 2.45) is 0 Å². The van der Waals surface area contributed by atoms with E-state index in [9.17, 15) is 8.78 Å². The van der Waals surface area contributed by atoms with Crippen LogP contribution in [0.15, 0.2) is 48.5 Å². The SMILES string of the molecule is CCN(CCNc1cccc(F)c1)c1ccc(F)cc1. The van der Waals surface area contributed by atoms with Gasteiger partial charge < -0.3 is 10.2 Å². The summed E-state index contributed by atoms with van der Waals surface area (Å²) in [7, 11) is 0. The third-order valence-electron chi connectivity index (χ3n) is 3.11. The molecule has 0 aliphatic rings. The molecule has 0 saturated carbocycles. The summed E-state index contributed by atoms with van der Waals surface area (Å²) in [6.07, 6.45) is 0. The highest BCUT2D eigenvalue weighted by Gasteiger charge is 2.04. The summed E-state index contributed by atoms with van der Waals surface area (Å²) in [5.74, 6) is -0.483. The molecular weight excluding hydrogens is 258 g/mol. The molecule has 2 nitrogen and oxygen atoms in total. The molecule has 0 bridgehead atoms. The number of hydrogen-bond acceptors (Lipinski definition) is 2. The van der Waals surface area contributed by atoms with Crippen LogP contribution in [0.5, 0.6) is 0 Å². The zero-order chi connectivity index (χ0) is 14.4. The predicted octanol–water partition coefficient (Wildman–Crippen LogP) is 3.90. The molecule has 0 saturated heterocycles. The predicted molar refractivity (Wildman–Crippen MR) is 79.2 cm³/mol. The topological polar surface area (TPSA) is 15.3 Å². The van der Waals surface area contributed by atoms with Gasteiger partial charge in [0.2, 0.25) is 0 Å². The number of hydrogen-bond donors (Lipinski definition) is 1. The molecule has 2 rings (SSSR count). The van der Waals surface area contributed by atoms with Crippen LogP contribution in [0.4, 0.5) is 20.2 Å². The average Bonchev–Trinajstić information content (AvgIpc) is 2.45. The van der Waals surface area contributed by atoms with E-state index < -0.39 is 0 Å². The third kappa shape index (κ3) is 3.95. The minimum atomic E-state index is -0.249. The van der Waals surface area contributed by atoms with Gasteiger partial charge in [-0.1, -0.05) is 6.07 Å². The van der Waals surface area contributed by atoms with Gasteiger partial charge in [0.25, 0.3) is 0 Å². The smallest absolute Gasteiger partial charge is 0.125 e. The Morgan fingerprint density at radius 2 is 1.75 bits per heavy atom. The van der Waals surface area contributed by atoms with E-state index in [1.54, 1.807) is 18.2 Å². The molecule has 2 aromatic carbocycles. The van der Waals surface area contributed by atoms with Gasteiger partial charge in [-0.2, -0.15) is 0 Å². The molecule has 0 heterocycles. The first-order valence-corrected chi connectivity index (χ1v) is 6.69. The average molecular weight is 276 g/mol. The van der Waals surface area contributed by atoms with Gasteiger partial charge in [-0.3, -0.25) is 0 Å². The van der Waals surface area contributed by atoms with Crippen LogP contribution in [0.25, 0.3) is 0 Å². The van der Waals surface area contributed by atoms with E-state index in [-0.39, 0.29) is 11.6 Å².